The molecule has 0 aliphatic heterocycles. The van der Waals surface area contributed by atoms with Gasteiger partial charge in [-0.2, -0.15) is 4.98 Å². The Hall–Kier alpha value is -2.01. The van der Waals surface area contributed by atoms with Crippen LogP contribution in [0.2, 0.25) is 5.02 Å². The molecule has 94 valence electrons. The maximum atomic E-state index is 11.4. The Morgan fingerprint density at radius 2 is 2.22 bits per heavy atom. The van der Waals surface area contributed by atoms with E-state index in [0.29, 0.717) is 28.7 Å². The summed E-state index contributed by atoms with van der Waals surface area (Å²) in [7, 11) is 0. The van der Waals surface area contributed by atoms with Gasteiger partial charge in [-0.25, -0.2) is 0 Å². The number of anilines is 1. The molecule has 0 unspecified atom stereocenters. The molecule has 0 saturated carbocycles. The first kappa shape index (κ1) is 12.4. The van der Waals surface area contributed by atoms with E-state index in [-0.39, 0.29) is 11.4 Å². The molecule has 0 bridgehead atoms. The second-order valence-electron chi connectivity index (χ2n) is 3.67. The number of H-pyrrole nitrogens is 1. The van der Waals surface area contributed by atoms with Crippen LogP contribution in [-0.4, -0.2) is 9.97 Å². The summed E-state index contributed by atoms with van der Waals surface area (Å²) >= 11 is 5.85. The second kappa shape index (κ2) is 5.10. The molecule has 0 fully saturated rings. The van der Waals surface area contributed by atoms with Gasteiger partial charge in [0, 0.05) is 17.5 Å². The van der Waals surface area contributed by atoms with Crippen LogP contribution in [0.5, 0.6) is 11.6 Å². The van der Waals surface area contributed by atoms with Crippen LogP contribution < -0.4 is 16.0 Å². The van der Waals surface area contributed by atoms with E-state index in [1.54, 1.807) is 18.2 Å². The summed E-state index contributed by atoms with van der Waals surface area (Å²) < 4.78 is 5.47. The first-order chi connectivity index (χ1) is 8.58. The van der Waals surface area contributed by atoms with Crippen molar-refractivity contribution in [2.24, 2.45) is 0 Å². The molecule has 0 atom stereocenters. The predicted octanol–water partition coefficient (Wildman–Crippen LogP) is 2.36. The van der Waals surface area contributed by atoms with E-state index in [2.05, 4.69) is 9.97 Å². The molecule has 5 nitrogen and oxygen atoms in total. The molecule has 0 aliphatic rings. The van der Waals surface area contributed by atoms with Gasteiger partial charge >= 0.3 is 0 Å². The largest absolute Gasteiger partial charge is 0.437 e. The minimum Gasteiger partial charge on any atom is -0.437 e. The summed E-state index contributed by atoms with van der Waals surface area (Å²) in [6.07, 6.45) is 0.609. The highest BCUT2D eigenvalue weighted by atomic mass is 35.5. The lowest BCUT2D eigenvalue weighted by Gasteiger charge is -2.08. The normalized spacial score (nSPS) is 10.3. The van der Waals surface area contributed by atoms with Crippen LogP contribution in [0.3, 0.4) is 0 Å². The number of ether oxygens (including phenoxy) is 1. The van der Waals surface area contributed by atoms with Gasteiger partial charge in [-0.05, 0) is 12.1 Å². The molecule has 6 heteroatoms. The molecule has 0 spiro atoms. The van der Waals surface area contributed by atoms with Crippen molar-refractivity contribution in [3.05, 3.63) is 45.5 Å². The fourth-order valence-electron chi connectivity index (χ4n) is 1.41. The van der Waals surface area contributed by atoms with Crippen LogP contribution in [0, 0.1) is 0 Å². The zero-order chi connectivity index (χ0) is 13.1. The number of nitrogens with one attached hydrogen (secondary N) is 1. The van der Waals surface area contributed by atoms with E-state index in [0.717, 1.165) is 0 Å². The van der Waals surface area contributed by atoms with Gasteiger partial charge in [-0.15, -0.1) is 0 Å². The second-order valence-corrected chi connectivity index (χ2v) is 4.10. The molecule has 3 N–H and O–H groups in total. The van der Waals surface area contributed by atoms with Crippen molar-refractivity contribution in [3.8, 4) is 11.6 Å². The molecule has 1 aromatic heterocycles. The first-order valence-corrected chi connectivity index (χ1v) is 5.79. The van der Waals surface area contributed by atoms with E-state index in [4.69, 9.17) is 22.1 Å². The molecule has 0 amide bonds. The summed E-state index contributed by atoms with van der Waals surface area (Å²) in [5.74, 6) is 1.13. The SMILES string of the molecule is CCc1nc(Oc2cc(Cl)ccc2N)cc(=O)[nH]1. The third-order valence-electron chi connectivity index (χ3n) is 2.29. The number of hydrogen-bond acceptors (Lipinski definition) is 4. The Bertz CT molecular complexity index is 625. The first-order valence-electron chi connectivity index (χ1n) is 5.41. The maximum absolute atomic E-state index is 11.4. The molecule has 1 aromatic carbocycles. The van der Waals surface area contributed by atoms with Crippen molar-refractivity contribution in [1.29, 1.82) is 0 Å². The monoisotopic (exact) mass is 265 g/mol. The minimum atomic E-state index is -0.266. The fraction of sp³-hybridized carbons (Fsp3) is 0.167. The predicted molar refractivity (Wildman–Crippen MR) is 70.2 cm³/mol. The quantitative estimate of drug-likeness (QED) is 0.835. The van der Waals surface area contributed by atoms with Gasteiger partial charge in [-0.3, -0.25) is 4.79 Å². The summed E-state index contributed by atoms with van der Waals surface area (Å²) in [6.45, 7) is 1.88. The third kappa shape index (κ3) is 2.81. The van der Waals surface area contributed by atoms with E-state index in [1.165, 1.54) is 6.07 Å². The van der Waals surface area contributed by atoms with Crippen molar-refractivity contribution in [2.45, 2.75) is 13.3 Å². The molecule has 18 heavy (non-hydrogen) atoms. The fourth-order valence-corrected chi connectivity index (χ4v) is 1.57. The van der Waals surface area contributed by atoms with E-state index in [9.17, 15) is 4.79 Å². The highest BCUT2D eigenvalue weighted by molar-refractivity contribution is 6.30. The van der Waals surface area contributed by atoms with Gasteiger partial charge in [-0.1, -0.05) is 18.5 Å². The number of nitrogens with two attached hydrogens (primary N) is 1. The summed E-state index contributed by atoms with van der Waals surface area (Å²) in [5.41, 5.74) is 5.91. The summed E-state index contributed by atoms with van der Waals surface area (Å²) in [6, 6.07) is 6.13. The lowest BCUT2D eigenvalue weighted by molar-refractivity contribution is 0.460. The molecule has 0 aliphatic carbocycles. The number of aromatic nitrogens is 2. The number of hydrogen-bond donors (Lipinski definition) is 2. The molecular formula is C12H12ClN3O2. The zero-order valence-electron chi connectivity index (χ0n) is 9.74. The van der Waals surface area contributed by atoms with Crippen LogP contribution in [0.4, 0.5) is 5.69 Å². The number of aromatic amines is 1. The Kier molecular flexibility index (Phi) is 3.53. The van der Waals surface area contributed by atoms with Crippen molar-refractivity contribution in [1.82, 2.24) is 9.97 Å². The van der Waals surface area contributed by atoms with Crippen LogP contribution in [-0.2, 0) is 6.42 Å². The van der Waals surface area contributed by atoms with E-state index < -0.39 is 0 Å². The lowest BCUT2D eigenvalue weighted by Crippen LogP contribution is -2.10. The number of halogens is 1. The molecule has 2 rings (SSSR count). The maximum Gasteiger partial charge on any atom is 0.254 e. The third-order valence-corrected chi connectivity index (χ3v) is 2.53. The number of rotatable bonds is 3. The number of nitrogen functional groups attached to an aromatic ring is 1. The molecule has 2 aromatic rings. The van der Waals surface area contributed by atoms with E-state index in [1.807, 2.05) is 6.92 Å². The molecular weight excluding hydrogens is 254 g/mol. The van der Waals surface area contributed by atoms with Crippen LogP contribution in [0.15, 0.2) is 29.1 Å². The number of nitrogens with zero attached hydrogens (tertiary/aromatic N) is 1. The average molecular weight is 266 g/mol. The van der Waals surface area contributed by atoms with Gasteiger partial charge in [0.1, 0.15) is 5.82 Å². The Morgan fingerprint density at radius 1 is 1.44 bits per heavy atom. The number of benzene rings is 1. The van der Waals surface area contributed by atoms with Crippen molar-refractivity contribution in [3.63, 3.8) is 0 Å². The smallest absolute Gasteiger partial charge is 0.254 e. The number of aryl methyl sites for hydroxylation is 1. The highest BCUT2D eigenvalue weighted by Gasteiger charge is 2.06. The van der Waals surface area contributed by atoms with Gasteiger partial charge in [0.15, 0.2) is 5.75 Å². The minimum absolute atomic E-state index is 0.199. The van der Waals surface area contributed by atoms with Crippen molar-refractivity contribution in [2.75, 3.05) is 5.73 Å². The Morgan fingerprint density at radius 3 is 2.94 bits per heavy atom. The summed E-state index contributed by atoms with van der Waals surface area (Å²) in [4.78, 5) is 18.1. The highest BCUT2D eigenvalue weighted by Crippen LogP contribution is 2.28. The standard InChI is InChI=1S/C12H12ClN3O2/c1-2-10-15-11(17)6-12(16-10)18-9-5-7(13)3-4-8(9)14/h3-6H,2,14H2,1H3,(H,15,16,17). The molecule has 0 saturated heterocycles. The molecule has 1 heterocycles. The van der Waals surface area contributed by atoms with Crippen LogP contribution in [0.1, 0.15) is 12.7 Å². The van der Waals surface area contributed by atoms with Crippen LogP contribution >= 0.6 is 11.6 Å². The van der Waals surface area contributed by atoms with Crippen molar-refractivity contribution >= 4 is 17.3 Å². The molecule has 0 radical (unpaired) electrons. The van der Waals surface area contributed by atoms with Gasteiger partial charge in [0.25, 0.3) is 5.56 Å². The average Bonchev–Trinajstić information content (AvgIpc) is 2.33. The lowest BCUT2D eigenvalue weighted by atomic mass is 10.3. The van der Waals surface area contributed by atoms with Crippen molar-refractivity contribution < 1.29 is 4.74 Å². The van der Waals surface area contributed by atoms with Crippen LogP contribution in [0.25, 0.3) is 0 Å². The summed E-state index contributed by atoms with van der Waals surface area (Å²) in [5, 5.41) is 0.500. The topological polar surface area (TPSA) is 81.0 Å². The van der Waals surface area contributed by atoms with Gasteiger partial charge in [0.2, 0.25) is 5.88 Å². The Balaban J connectivity index is 2.36. The zero-order valence-corrected chi connectivity index (χ0v) is 10.5. The van der Waals surface area contributed by atoms with Gasteiger partial charge < -0.3 is 15.5 Å². The van der Waals surface area contributed by atoms with E-state index >= 15 is 0 Å². The van der Waals surface area contributed by atoms with Gasteiger partial charge in [0.05, 0.1) is 11.8 Å². The Labute approximate surface area is 109 Å².